The zero-order valence-electron chi connectivity index (χ0n) is 13.0. The number of aromatic hydroxyl groups is 1. The quantitative estimate of drug-likeness (QED) is 0.581. The standard InChI is InChI=1S/C18H20BrNO3/c1-20-5-4-18-11-2-3-13(21)17(18)23-16-14(22)6-9(8-19)10(15(16)18)7-12(11)20/h2-3,6,11-13,17,21-22H,4-5,7-8H2,1H3/t11-,12+,13-,17-,18-/m0/s1. The summed E-state index contributed by atoms with van der Waals surface area (Å²) in [5.41, 5.74) is 3.44. The number of hydrogen-bond donors (Lipinski definition) is 2. The SMILES string of the molecule is CN1CC[C@]23c4c5c(CBr)cc(O)c4O[C@H]2[C@@H](O)C=C[C@H]3[C@H]1C5. The average Bonchev–Trinajstić information content (AvgIpc) is 2.89. The molecule has 5 atom stereocenters. The normalized spacial score (nSPS) is 40.0. The van der Waals surface area contributed by atoms with E-state index in [1.54, 1.807) is 0 Å². The Labute approximate surface area is 143 Å². The second kappa shape index (κ2) is 4.52. The molecule has 2 aliphatic heterocycles. The van der Waals surface area contributed by atoms with E-state index in [1.807, 2.05) is 12.1 Å². The van der Waals surface area contributed by atoms with Crippen molar-refractivity contribution in [3.05, 3.63) is 34.9 Å². The minimum Gasteiger partial charge on any atom is -0.504 e. The van der Waals surface area contributed by atoms with Crippen molar-refractivity contribution in [1.82, 2.24) is 4.90 Å². The Morgan fingerprint density at radius 3 is 3.04 bits per heavy atom. The molecule has 4 aliphatic rings. The van der Waals surface area contributed by atoms with Crippen LogP contribution in [0, 0.1) is 5.92 Å². The van der Waals surface area contributed by atoms with E-state index in [1.165, 1.54) is 11.1 Å². The first-order chi connectivity index (χ1) is 11.1. The number of benzene rings is 1. The largest absolute Gasteiger partial charge is 0.504 e. The van der Waals surface area contributed by atoms with Gasteiger partial charge in [0.25, 0.3) is 0 Å². The molecule has 23 heavy (non-hydrogen) atoms. The predicted molar refractivity (Wildman–Crippen MR) is 90.2 cm³/mol. The number of alkyl halides is 1. The van der Waals surface area contributed by atoms with E-state index in [2.05, 4.69) is 34.0 Å². The highest BCUT2D eigenvalue weighted by atomic mass is 79.9. The van der Waals surface area contributed by atoms with Crippen LogP contribution >= 0.6 is 15.9 Å². The van der Waals surface area contributed by atoms with Crippen LogP contribution < -0.4 is 4.74 Å². The van der Waals surface area contributed by atoms with Gasteiger partial charge in [-0.15, -0.1) is 0 Å². The van der Waals surface area contributed by atoms with E-state index in [-0.39, 0.29) is 17.3 Å². The van der Waals surface area contributed by atoms with Gasteiger partial charge in [0.2, 0.25) is 0 Å². The van der Waals surface area contributed by atoms with Crippen LogP contribution in [0.15, 0.2) is 18.2 Å². The predicted octanol–water partition coefficient (Wildman–Crippen LogP) is 2.09. The molecular weight excluding hydrogens is 358 g/mol. The lowest BCUT2D eigenvalue weighted by Crippen LogP contribution is -2.64. The molecule has 0 aromatic heterocycles. The molecule has 0 radical (unpaired) electrons. The summed E-state index contributed by atoms with van der Waals surface area (Å²) in [5, 5.41) is 21.8. The molecule has 5 rings (SSSR count). The molecule has 2 heterocycles. The summed E-state index contributed by atoms with van der Waals surface area (Å²) in [4.78, 5) is 2.45. The molecule has 1 fully saturated rings. The zero-order chi connectivity index (χ0) is 15.9. The number of aliphatic hydroxyl groups excluding tert-OH is 1. The third-order valence-electron chi connectivity index (χ3n) is 6.51. The fourth-order valence-electron chi connectivity index (χ4n) is 5.52. The molecule has 0 saturated carbocycles. The van der Waals surface area contributed by atoms with Gasteiger partial charge in [-0.05, 0) is 43.6 Å². The summed E-state index contributed by atoms with van der Waals surface area (Å²) in [5.74, 6) is 1.17. The van der Waals surface area contributed by atoms with Crippen LogP contribution in [0.1, 0.15) is 23.1 Å². The Balaban J connectivity index is 1.85. The van der Waals surface area contributed by atoms with E-state index in [9.17, 15) is 10.2 Å². The molecule has 1 spiro atoms. The molecule has 122 valence electrons. The number of ether oxygens (including phenoxy) is 1. The van der Waals surface area contributed by atoms with E-state index < -0.39 is 6.10 Å². The van der Waals surface area contributed by atoms with Crippen LogP contribution in [0.2, 0.25) is 0 Å². The second-order valence-corrected chi connectivity index (χ2v) is 7.91. The van der Waals surface area contributed by atoms with Gasteiger partial charge in [-0.1, -0.05) is 28.1 Å². The maximum absolute atomic E-state index is 10.6. The lowest BCUT2D eigenvalue weighted by molar-refractivity contribution is -0.0454. The van der Waals surface area contributed by atoms with Gasteiger partial charge in [-0.3, -0.25) is 0 Å². The minimum atomic E-state index is -0.611. The number of aliphatic hydroxyl groups is 1. The second-order valence-electron chi connectivity index (χ2n) is 7.35. The summed E-state index contributed by atoms with van der Waals surface area (Å²) in [6.45, 7) is 1.000. The lowest BCUT2D eigenvalue weighted by Gasteiger charge is -2.56. The highest BCUT2D eigenvalue weighted by molar-refractivity contribution is 9.08. The number of halogens is 1. The first-order valence-electron chi connectivity index (χ1n) is 8.25. The Kier molecular flexibility index (Phi) is 2.82. The van der Waals surface area contributed by atoms with Gasteiger partial charge in [0, 0.05) is 28.3 Å². The van der Waals surface area contributed by atoms with E-state index in [0.717, 1.165) is 30.3 Å². The zero-order valence-corrected chi connectivity index (χ0v) is 14.6. The summed E-state index contributed by atoms with van der Waals surface area (Å²) >= 11 is 3.57. The Morgan fingerprint density at radius 1 is 1.43 bits per heavy atom. The molecule has 1 aromatic rings. The van der Waals surface area contributed by atoms with Gasteiger partial charge in [-0.2, -0.15) is 0 Å². The molecular formula is C18H20BrNO3. The minimum absolute atomic E-state index is 0.191. The number of rotatable bonds is 1. The van der Waals surface area contributed by atoms with Crippen LogP contribution in [0.3, 0.4) is 0 Å². The van der Waals surface area contributed by atoms with Crippen molar-refractivity contribution in [3.63, 3.8) is 0 Å². The van der Waals surface area contributed by atoms with E-state index in [4.69, 9.17) is 4.74 Å². The van der Waals surface area contributed by atoms with Crippen LogP contribution in [0.4, 0.5) is 0 Å². The molecule has 0 unspecified atom stereocenters. The van der Waals surface area contributed by atoms with Crippen LogP contribution in [0.5, 0.6) is 11.5 Å². The molecule has 2 bridgehead atoms. The number of likely N-dealkylation sites (N-methyl/N-ethyl adjacent to an activating group) is 1. The van der Waals surface area contributed by atoms with Crippen LogP contribution in [-0.4, -0.2) is 47.0 Å². The maximum Gasteiger partial charge on any atom is 0.165 e. The Hall–Kier alpha value is -1.04. The van der Waals surface area contributed by atoms with E-state index in [0.29, 0.717) is 17.7 Å². The maximum atomic E-state index is 10.6. The number of phenols is 1. The first kappa shape index (κ1) is 14.3. The van der Waals surface area contributed by atoms with Gasteiger partial charge in [0.1, 0.15) is 12.2 Å². The number of nitrogens with zero attached hydrogens (tertiary/aromatic N) is 1. The van der Waals surface area contributed by atoms with Gasteiger partial charge >= 0.3 is 0 Å². The van der Waals surface area contributed by atoms with Crippen molar-refractivity contribution in [2.45, 2.75) is 41.8 Å². The molecule has 0 amide bonds. The fourth-order valence-corrected chi connectivity index (χ4v) is 6.02. The van der Waals surface area contributed by atoms with Gasteiger partial charge < -0.3 is 19.8 Å². The molecule has 2 N–H and O–H groups in total. The third kappa shape index (κ3) is 1.54. The number of likely N-dealkylation sites (tertiary alicyclic amines) is 1. The van der Waals surface area contributed by atoms with Crippen molar-refractivity contribution in [3.8, 4) is 11.5 Å². The van der Waals surface area contributed by atoms with Gasteiger partial charge in [0.15, 0.2) is 11.5 Å². The van der Waals surface area contributed by atoms with Crippen molar-refractivity contribution < 1.29 is 14.9 Å². The summed E-state index contributed by atoms with van der Waals surface area (Å²) in [6, 6.07) is 2.26. The summed E-state index contributed by atoms with van der Waals surface area (Å²) in [7, 11) is 2.20. The first-order valence-corrected chi connectivity index (χ1v) is 9.37. The number of hydrogen-bond acceptors (Lipinski definition) is 4. The Morgan fingerprint density at radius 2 is 2.26 bits per heavy atom. The highest BCUT2D eigenvalue weighted by Gasteiger charge is 2.64. The van der Waals surface area contributed by atoms with Gasteiger partial charge in [0.05, 0.1) is 0 Å². The average molecular weight is 378 g/mol. The molecule has 2 aliphatic carbocycles. The van der Waals surface area contributed by atoms with Gasteiger partial charge in [-0.25, -0.2) is 0 Å². The smallest absolute Gasteiger partial charge is 0.165 e. The van der Waals surface area contributed by atoms with Crippen molar-refractivity contribution in [2.24, 2.45) is 5.92 Å². The summed E-state index contributed by atoms with van der Waals surface area (Å²) in [6.07, 6.45) is 5.13. The van der Waals surface area contributed by atoms with Crippen LogP contribution in [-0.2, 0) is 17.2 Å². The van der Waals surface area contributed by atoms with Crippen molar-refractivity contribution in [1.29, 1.82) is 0 Å². The number of phenolic OH excluding ortho intramolecular Hbond substituents is 1. The fraction of sp³-hybridized carbons (Fsp3) is 0.556. The Bertz CT molecular complexity index is 733. The topological polar surface area (TPSA) is 52.9 Å². The molecule has 4 nitrogen and oxygen atoms in total. The monoisotopic (exact) mass is 377 g/mol. The molecule has 5 heteroatoms. The van der Waals surface area contributed by atoms with Crippen LogP contribution in [0.25, 0.3) is 0 Å². The number of piperidine rings is 1. The lowest BCUT2D eigenvalue weighted by atomic mass is 9.53. The van der Waals surface area contributed by atoms with Crippen molar-refractivity contribution >= 4 is 15.9 Å². The molecule has 1 aromatic carbocycles. The summed E-state index contributed by atoms with van der Waals surface area (Å²) < 4.78 is 6.17. The molecule has 1 saturated heterocycles. The third-order valence-corrected chi connectivity index (χ3v) is 7.12. The van der Waals surface area contributed by atoms with Crippen molar-refractivity contribution in [2.75, 3.05) is 13.6 Å². The van der Waals surface area contributed by atoms with E-state index >= 15 is 0 Å². The highest BCUT2D eigenvalue weighted by Crippen LogP contribution is 2.63.